The van der Waals surface area contributed by atoms with Crippen LogP contribution in [0.5, 0.6) is 0 Å². The molecule has 1 aromatic heterocycles. The molecule has 0 bridgehead atoms. The number of aryl methyl sites for hydroxylation is 1. The quantitative estimate of drug-likeness (QED) is 0.814. The summed E-state index contributed by atoms with van der Waals surface area (Å²) in [4.78, 5) is 23.1. The highest BCUT2D eigenvalue weighted by molar-refractivity contribution is 5.94. The first-order chi connectivity index (χ1) is 9.56. The molecular weight excluding hydrogens is 260 g/mol. The fourth-order valence-corrected chi connectivity index (χ4v) is 1.73. The van der Waals surface area contributed by atoms with E-state index < -0.39 is 17.9 Å². The van der Waals surface area contributed by atoms with Gasteiger partial charge in [0.2, 0.25) is 0 Å². The molecule has 0 aliphatic heterocycles. The number of amides is 1. The SMILES string of the molecule is Cn1cc(C(=O)NC(Cc2ccccc2)C(=O)O)nn1. The number of carboxylic acid groups (broad SMARTS) is 1. The number of nitrogens with zero attached hydrogens (tertiary/aromatic N) is 3. The topological polar surface area (TPSA) is 97.1 Å². The van der Waals surface area contributed by atoms with Crippen LogP contribution in [0.4, 0.5) is 0 Å². The van der Waals surface area contributed by atoms with E-state index in [2.05, 4.69) is 15.6 Å². The lowest BCUT2D eigenvalue weighted by molar-refractivity contribution is -0.139. The van der Waals surface area contributed by atoms with E-state index >= 15 is 0 Å². The average molecular weight is 274 g/mol. The first-order valence-electron chi connectivity index (χ1n) is 6.00. The molecule has 0 saturated heterocycles. The van der Waals surface area contributed by atoms with Gasteiger partial charge < -0.3 is 10.4 Å². The van der Waals surface area contributed by atoms with E-state index in [1.54, 1.807) is 7.05 Å². The van der Waals surface area contributed by atoms with Crippen molar-refractivity contribution >= 4 is 11.9 Å². The minimum atomic E-state index is -1.09. The zero-order chi connectivity index (χ0) is 14.5. The number of hydrogen-bond donors (Lipinski definition) is 2. The van der Waals surface area contributed by atoms with Crippen LogP contribution < -0.4 is 5.32 Å². The molecule has 1 unspecified atom stereocenters. The Morgan fingerprint density at radius 2 is 2.05 bits per heavy atom. The first kappa shape index (κ1) is 13.7. The molecule has 0 spiro atoms. The van der Waals surface area contributed by atoms with E-state index in [0.29, 0.717) is 0 Å². The second-order valence-corrected chi connectivity index (χ2v) is 4.33. The molecule has 1 atom stereocenters. The summed E-state index contributed by atoms with van der Waals surface area (Å²) in [6.45, 7) is 0. The van der Waals surface area contributed by atoms with Crippen LogP contribution >= 0.6 is 0 Å². The normalized spacial score (nSPS) is 11.8. The number of rotatable bonds is 5. The standard InChI is InChI=1S/C13H14N4O3/c1-17-8-11(15-16-17)12(18)14-10(13(19)20)7-9-5-3-2-4-6-9/h2-6,8,10H,7H2,1H3,(H,14,18)(H,19,20). The van der Waals surface area contributed by atoms with Crippen LogP contribution in [0.15, 0.2) is 36.5 Å². The van der Waals surface area contributed by atoms with Crippen LogP contribution in [-0.4, -0.2) is 38.0 Å². The molecule has 1 heterocycles. The molecule has 0 aliphatic rings. The number of aliphatic carboxylic acids is 1. The van der Waals surface area contributed by atoms with E-state index in [-0.39, 0.29) is 12.1 Å². The summed E-state index contributed by atoms with van der Waals surface area (Å²) in [5.74, 6) is -1.65. The number of benzene rings is 1. The minimum Gasteiger partial charge on any atom is -0.480 e. The third-order valence-corrected chi connectivity index (χ3v) is 2.72. The highest BCUT2D eigenvalue weighted by Gasteiger charge is 2.22. The highest BCUT2D eigenvalue weighted by atomic mass is 16.4. The molecule has 0 fully saturated rings. The molecule has 104 valence electrons. The monoisotopic (exact) mass is 274 g/mol. The Kier molecular flexibility index (Phi) is 4.09. The highest BCUT2D eigenvalue weighted by Crippen LogP contribution is 2.04. The molecule has 2 aromatic rings. The van der Waals surface area contributed by atoms with Crippen molar-refractivity contribution in [2.75, 3.05) is 0 Å². The third-order valence-electron chi connectivity index (χ3n) is 2.72. The van der Waals surface area contributed by atoms with Crippen molar-refractivity contribution in [3.05, 3.63) is 47.8 Å². The fraction of sp³-hybridized carbons (Fsp3) is 0.231. The molecular formula is C13H14N4O3. The Hall–Kier alpha value is -2.70. The van der Waals surface area contributed by atoms with Gasteiger partial charge in [0.25, 0.3) is 5.91 Å². The Morgan fingerprint density at radius 1 is 1.35 bits per heavy atom. The predicted molar refractivity (Wildman–Crippen MR) is 70.0 cm³/mol. The Morgan fingerprint density at radius 3 is 2.60 bits per heavy atom. The lowest BCUT2D eigenvalue weighted by Crippen LogP contribution is -2.42. The molecule has 0 aliphatic carbocycles. The van der Waals surface area contributed by atoms with Gasteiger partial charge in [-0.3, -0.25) is 9.48 Å². The number of aromatic nitrogens is 3. The molecule has 0 radical (unpaired) electrons. The van der Waals surface area contributed by atoms with Crippen LogP contribution in [-0.2, 0) is 18.3 Å². The summed E-state index contributed by atoms with van der Waals surface area (Å²) in [5, 5.41) is 18.9. The van der Waals surface area contributed by atoms with Gasteiger partial charge in [0.1, 0.15) is 6.04 Å². The smallest absolute Gasteiger partial charge is 0.326 e. The van der Waals surface area contributed by atoms with Gasteiger partial charge in [-0.25, -0.2) is 4.79 Å². The van der Waals surface area contributed by atoms with Crippen molar-refractivity contribution in [1.29, 1.82) is 0 Å². The van der Waals surface area contributed by atoms with Gasteiger partial charge in [-0.05, 0) is 5.56 Å². The van der Waals surface area contributed by atoms with Crippen molar-refractivity contribution in [3.63, 3.8) is 0 Å². The summed E-state index contributed by atoms with van der Waals surface area (Å²) >= 11 is 0. The van der Waals surface area contributed by atoms with Gasteiger partial charge in [-0.1, -0.05) is 35.5 Å². The zero-order valence-corrected chi connectivity index (χ0v) is 10.9. The summed E-state index contributed by atoms with van der Waals surface area (Å²) in [6.07, 6.45) is 1.64. The van der Waals surface area contributed by atoms with E-state index in [1.165, 1.54) is 10.9 Å². The maximum atomic E-state index is 11.9. The van der Waals surface area contributed by atoms with Gasteiger partial charge in [0, 0.05) is 13.5 Å². The number of carbonyl (C=O) groups excluding carboxylic acids is 1. The van der Waals surface area contributed by atoms with Crippen LogP contribution in [0.2, 0.25) is 0 Å². The van der Waals surface area contributed by atoms with E-state index in [0.717, 1.165) is 5.56 Å². The number of carbonyl (C=O) groups is 2. The van der Waals surface area contributed by atoms with Gasteiger partial charge >= 0.3 is 5.97 Å². The summed E-state index contributed by atoms with van der Waals surface area (Å²) in [6, 6.07) is 8.09. The maximum absolute atomic E-state index is 11.9. The zero-order valence-electron chi connectivity index (χ0n) is 10.9. The second kappa shape index (κ2) is 5.96. The van der Waals surface area contributed by atoms with E-state index in [4.69, 9.17) is 0 Å². The van der Waals surface area contributed by atoms with Crippen molar-refractivity contribution in [2.45, 2.75) is 12.5 Å². The Balaban J connectivity index is 2.06. The molecule has 7 heteroatoms. The molecule has 7 nitrogen and oxygen atoms in total. The lowest BCUT2D eigenvalue weighted by Gasteiger charge is -2.13. The third kappa shape index (κ3) is 3.41. The molecule has 1 amide bonds. The molecule has 1 aromatic carbocycles. The minimum absolute atomic E-state index is 0.0896. The van der Waals surface area contributed by atoms with Crippen molar-refractivity contribution in [2.24, 2.45) is 7.05 Å². The van der Waals surface area contributed by atoms with Gasteiger partial charge in [0.15, 0.2) is 5.69 Å². The van der Waals surface area contributed by atoms with Crippen molar-refractivity contribution < 1.29 is 14.7 Å². The lowest BCUT2D eigenvalue weighted by atomic mass is 10.1. The second-order valence-electron chi connectivity index (χ2n) is 4.33. The summed E-state index contributed by atoms with van der Waals surface area (Å²) in [7, 11) is 1.63. The summed E-state index contributed by atoms with van der Waals surface area (Å²) < 4.78 is 1.38. The largest absolute Gasteiger partial charge is 0.480 e. The predicted octanol–water partition coefficient (Wildman–Crippen LogP) is 0.241. The Labute approximate surface area is 115 Å². The van der Waals surface area contributed by atoms with Gasteiger partial charge in [-0.15, -0.1) is 5.10 Å². The van der Waals surface area contributed by atoms with E-state index in [1.807, 2.05) is 30.3 Å². The van der Waals surface area contributed by atoms with Crippen molar-refractivity contribution in [3.8, 4) is 0 Å². The van der Waals surface area contributed by atoms with Gasteiger partial charge in [0.05, 0.1) is 6.20 Å². The Bertz CT molecular complexity index is 609. The van der Waals surface area contributed by atoms with Crippen LogP contribution in [0.1, 0.15) is 16.1 Å². The summed E-state index contributed by atoms with van der Waals surface area (Å²) in [5.41, 5.74) is 0.922. The van der Waals surface area contributed by atoms with Gasteiger partial charge in [-0.2, -0.15) is 0 Å². The van der Waals surface area contributed by atoms with Crippen LogP contribution in [0.3, 0.4) is 0 Å². The average Bonchev–Trinajstić information content (AvgIpc) is 2.86. The fourth-order valence-electron chi connectivity index (χ4n) is 1.73. The molecule has 0 saturated carbocycles. The number of hydrogen-bond acceptors (Lipinski definition) is 4. The van der Waals surface area contributed by atoms with Crippen LogP contribution in [0.25, 0.3) is 0 Å². The molecule has 2 N–H and O–H groups in total. The molecule has 2 rings (SSSR count). The van der Waals surface area contributed by atoms with E-state index in [9.17, 15) is 14.7 Å². The number of carboxylic acids is 1. The maximum Gasteiger partial charge on any atom is 0.326 e. The number of nitrogens with one attached hydrogen (secondary N) is 1. The van der Waals surface area contributed by atoms with Crippen molar-refractivity contribution in [1.82, 2.24) is 20.3 Å². The molecule has 20 heavy (non-hydrogen) atoms. The van der Waals surface area contributed by atoms with Crippen LogP contribution in [0, 0.1) is 0 Å². The first-order valence-corrected chi connectivity index (χ1v) is 6.00.